The van der Waals surface area contributed by atoms with Crippen LogP contribution in [0.5, 0.6) is 0 Å². The summed E-state index contributed by atoms with van der Waals surface area (Å²) in [5.41, 5.74) is 1.94. The fourth-order valence-corrected chi connectivity index (χ4v) is 2.52. The third-order valence-electron chi connectivity index (χ3n) is 3.15. The molecule has 0 bridgehead atoms. The van der Waals surface area contributed by atoms with Crippen molar-refractivity contribution >= 4 is 27.3 Å². The van der Waals surface area contributed by atoms with Crippen LogP contribution in [0.25, 0.3) is 0 Å². The van der Waals surface area contributed by atoms with Crippen LogP contribution in [0.1, 0.15) is 31.7 Å². The number of hydrogen-bond acceptors (Lipinski definition) is 3. The first kappa shape index (κ1) is 13.3. The molecule has 0 radical (unpaired) electrons. The van der Waals surface area contributed by atoms with Gasteiger partial charge in [0, 0.05) is 24.0 Å². The van der Waals surface area contributed by atoms with Gasteiger partial charge in [-0.3, -0.25) is 10.1 Å². The van der Waals surface area contributed by atoms with Crippen LogP contribution < -0.4 is 4.90 Å². The second-order valence-corrected chi connectivity index (χ2v) is 5.20. The summed E-state index contributed by atoms with van der Waals surface area (Å²) < 4.78 is 0. The molecule has 1 aliphatic carbocycles. The highest BCUT2D eigenvalue weighted by molar-refractivity contribution is 9.08. The zero-order valence-corrected chi connectivity index (χ0v) is 12.0. The highest BCUT2D eigenvalue weighted by Crippen LogP contribution is 2.37. The quantitative estimate of drug-likeness (QED) is 0.455. The van der Waals surface area contributed by atoms with Gasteiger partial charge < -0.3 is 4.90 Å². The van der Waals surface area contributed by atoms with Crippen LogP contribution >= 0.6 is 15.9 Å². The Hall–Kier alpha value is -1.10. The topological polar surface area (TPSA) is 46.4 Å². The van der Waals surface area contributed by atoms with Gasteiger partial charge >= 0.3 is 0 Å². The lowest BCUT2D eigenvalue weighted by molar-refractivity contribution is -0.384. The minimum atomic E-state index is -0.271. The first-order valence-corrected chi connectivity index (χ1v) is 7.39. The number of hydrogen-bond donors (Lipinski definition) is 0. The van der Waals surface area contributed by atoms with E-state index in [1.54, 1.807) is 6.07 Å². The molecule has 5 heteroatoms. The fraction of sp³-hybridized carbons (Fsp3) is 0.538. The van der Waals surface area contributed by atoms with Crippen molar-refractivity contribution in [1.29, 1.82) is 0 Å². The third kappa shape index (κ3) is 2.83. The smallest absolute Gasteiger partial charge is 0.292 e. The van der Waals surface area contributed by atoms with Crippen LogP contribution in [0.15, 0.2) is 18.2 Å². The monoisotopic (exact) mass is 312 g/mol. The summed E-state index contributed by atoms with van der Waals surface area (Å²) in [7, 11) is 0. The Bertz CT molecular complexity index is 447. The second kappa shape index (κ2) is 5.69. The third-order valence-corrected chi connectivity index (χ3v) is 3.80. The maximum atomic E-state index is 11.2. The minimum absolute atomic E-state index is 0.229. The van der Waals surface area contributed by atoms with Crippen molar-refractivity contribution in [3.8, 4) is 0 Å². The molecule has 0 aromatic heterocycles. The predicted octanol–water partition coefficient (Wildman–Crippen LogP) is 3.87. The molecule has 0 heterocycles. The van der Waals surface area contributed by atoms with Crippen LogP contribution in [0.3, 0.4) is 0 Å². The van der Waals surface area contributed by atoms with E-state index < -0.39 is 0 Å². The van der Waals surface area contributed by atoms with E-state index in [0.717, 1.165) is 37.1 Å². The molecule has 18 heavy (non-hydrogen) atoms. The standard InChI is InChI=1S/C13H17BrN2O2/c1-2-7-15(11-4-5-11)12-6-3-10(9-14)8-13(12)16(17)18/h3,6,8,11H,2,4-5,7,9H2,1H3. The van der Waals surface area contributed by atoms with Crippen molar-refractivity contribution in [2.75, 3.05) is 11.4 Å². The Morgan fingerprint density at radius 1 is 1.50 bits per heavy atom. The van der Waals surface area contributed by atoms with E-state index >= 15 is 0 Å². The zero-order chi connectivity index (χ0) is 13.1. The van der Waals surface area contributed by atoms with Crippen LogP contribution in [0, 0.1) is 10.1 Å². The maximum absolute atomic E-state index is 11.2. The molecule has 1 fully saturated rings. The molecule has 0 aliphatic heterocycles. The largest absolute Gasteiger partial charge is 0.363 e. The number of nitrogens with zero attached hydrogens (tertiary/aromatic N) is 2. The van der Waals surface area contributed by atoms with Crippen LogP contribution in [0.2, 0.25) is 0 Å². The van der Waals surface area contributed by atoms with Crippen LogP contribution in [-0.2, 0) is 5.33 Å². The average molecular weight is 313 g/mol. The van der Waals surface area contributed by atoms with Crippen molar-refractivity contribution in [1.82, 2.24) is 0 Å². The summed E-state index contributed by atoms with van der Waals surface area (Å²) in [6.45, 7) is 2.99. The fourth-order valence-electron chi connectivity index (χ4n) is 2.17. The van der Waals surface area contributed by atoms with Gasteiger partial charge in [0.2, 0.25) is 0 Å². The number of halogens is 1. The molecule has 0 atom stereocenters. The zero-order valence-electron chi connectivity index (χ0n) is 10.4. The van der Waals surface area contributed by atoms with Gasteiger partial charge in [0.15, 0.2) is 0 Å². The molecular weight excluding hydrogens is 296 g/mol. The first-order chi connectivity index (χ1) is 8.67. The highest BCUT2D eigenvalue weighted by atomic mass is 79.9. The van der Waals surface area contributed by atoms with Gasteiger partial charge in [-0.25, -0.2) is 0 Å². The molecule has 1 aliphatic rings. The Labute approximate surface area is 115 Å². The van der Waals surface area contributed by atoms with Gasteiger partial charge in [-0.1, -0.05) is 28.9 Å². The first-order valence-electron chi connectivity index (χ1n) is 6.27. The normalized spacial score (nSPS) is 14.6. The SMILES string of the molecule is CCCN(c1ccc(CBr)cc1[N+](=O)[O-])C1CC1. The van der Waals surface area contributed by atoms with E-state index in [1.807, 2.05) is 12.1 Å². The van der Waals surface area contributed by atoms with E-state index in [2.05, 4.69) is 27.8 Å². The maximum Gasteiger partial charge on any atom is 0.292 e. The second-order valence-electron chi connectivity index (χ2n) is 4.64. The summed E-state index contributed by atoms with van der Waals surface area (Å²) >= 11 is 3.34. The van der Waals surface area contributed by atoms with Crippen molar-refractivity contribution in [3.63, 3.8) is 0 Å². The molecule has 1 aromatic carbocycles. The van der Waals surface area contributed by atoms with E-state index in [0.29, 0.717) is 11.4 Å². The Morgan fingerprint density at radius 3 is 2.72 bits per heavy atom. The molecule has 98 valence electrons. The van der Waals surface area contributed by atoms with Gasteiger partial charge in [-0.05, 0) is 30.9 Å². The predicted molar refractivity (Wildman–Crippen MR) is 76.4 cm³/mol. The van der Waals surface area contributed by atoms with E-state index in [4.69, 9.17) is 0 Å². The Kier molecular flexibility index (Phi) is 4.22. The lowest BCUT2D eigenvalue weighted by Gasteiger charge is -2.24. The van der Waals surface area contributed by atoms with Gasteiger partial charge in [0.05, 0.1) is 4.92 Å². The Morgan fingerprint density at radius 2 is 2.22 bits per heavy atom. The van der Waals surface area contributed by atoms with Gasteiger partial charge in [-0.15, -0.1) is 0 Å². The molecular formula is C13H17BrN2O2. The van der Waals surface area contributed by atoms with E-state index in [9.17, 15) is 10.1 Å². The number of nitro groups is 1. The molecule has 0 amide bonds. The van der Waals surface area contributed by atoms with Gasteiger partial charge in [0.1, 0.15) is 5.69 Å². The van der Waals surface area contributed by atoms with Crippen molar-refractivity contribution < 1.29 is 4.92 Å². The summed E-state index contributed by atoms with van der Waals surface area (Å²) in [6, 6.07) is 6.03. The number of benzene rings is 1. The van der Waals surface area contributed by atoms with E-state index in [1.165, 1.54) is 0 Å². The molecule has 4 nitrogen and oxygen atoms in total. The molecule has 0 spiro atoms. The summed E-state index contributed by atoms with van der Waals surface area (Å²) in [6.07, 6.45) is 3.31. The molecule has 0 unspecified atom stereocenters. The van der Waals surface area contributed by atoms with Crippen LogP contribution in [0.4, 0.5) is 11.4 Å². The molecule has 1 saturated carbocycles. The highest BCUT2D eigenvalue weighted by Gasteiger charge is 2.32. The number of nitro benzene ring substituents is 1. The summed E-state index contributed by atoms with van der Waals surface area (Å²) in [4.78, 5) is 13.1. The average Bonchev–Trinajstić information content (AvgIpc) is 3.19. The molecule has 0 saturated heterocycles. The lowest BCUT2D eigenvalue weighted by Crippen LogP contribution is -2.27. The number of alkyl halides is 1. The minimum Gasteiger partial charge on any atom is -0.363 e. The van der Waals surface area contributed by atoms with Gasteiger partial charge in [-0.2, -0.15) is 0 Å². The van der Waals surface area contributed by atoms with Gasteiger partial charge in [0.25, 0.3) is 5.69 Å². The summed E-state index contributed by atoms with van der Waals surface area (Å²) in [5, 5.41) is 11.8. The van der Waals surface area contributed by atoms with Crippen molar-refractivity contribution in [2.24, 2.45) is 0 Å². The van der Waals surface area contributed by atoms with Crippen molar-refractivity contribution in [2.45, 2.75) is 37.6 Å². The summed E-state index contributed by atoms with van der Waals surface area (Å²) in [5.74, 6) is 0. The number of rotatable bonds is 6. The Balaban J connectivity index is 2.37. The molecule has 2 rings (SSSR count). The molecule has 1 aromatic rings. The molecule has 0 N–H and O–H groups in total. The number of anilines is 1. The van der Waals surface area contributed by atoms with Crippen molar-refractivity contribution in [3.05, 3.63) is 33.9 Å². The lowest BCUT2D eigenvalue weighted by atomic mass is 10.1. The van der Waals surface area contributed by atoms with Crippen LogP contribution in [-0.4, -0.2) is 17.5 Å². The van der Waals surface area contributed by atoms with E-state index in [-0.39, 0.29) is 10.6 Å².